The third kappa shape index (κ3) is 2.73. The van der Waals surface area contributed by atoms with E-state index < -0.39 is 0 Å². The number of nitrogens with one attached hydrogen (secondary N) is 1. The predicted octanol–water partition coefficient (Wildman–Crippen LogP) is 3.39. The Bertz CT molecular complexity index is 865. The molecule has 0 unspecified atom stereocenters. The van der Waals surface area contributed by atoms with E-state index in [0.29, 0.717) is 0 Å². The third-order valence-electron chi connectivity index (χ3n) is 4.00. The Balaban J connectivity index is 1.61. The molecule has 0 aliphatic carbocycles. The number of hydrogen-bond donors (Lipinski definition) is 1. The normalized spacial score (nSPS) is 12.8. The first-order valence-corrected chi connectivity index (χ1v) is 7.60. The summed E-state index contributed by atoms with van der Waals surface area (Å²) in [6.45, 7) is 3.59. The van der Waals surface area contributed by atoms with Crippen LogP contribution in [0.5, 0.6) is 0 Å². The molecule has 0 atom stereocenters. The van der Waals surface area contributed by atoms with Crippen LogP contribution in [0, 0.1) is 0 Å². The van der Waals surface area contributed by atoms with Gasteiger partial charge >= 0.3 is 0 Å². The Labute approximate surface area is 134 Å². The fraction of sp³-hybridized carbons (Fsp3) is 0.167. The van der Waals surface area contributed by atoms with Crippen LogP contribution in [0.1, 0.15) is 23.6 Å². The largest absolute Gasteiger partial charge is 0.340 e. The van der Waals surface area contributed by atoms with Crippen molar-refractivity contribution in [2.45, 2.75) is 20.0 Å². The number of aliphatic imine (C=N–C) groups is 1. The van der Waals surface area contributed by atoms with Crippen LogP contribution in [0.2, 0.25) is 0 Å². The Morgan fingerprint density at radius 1 is 1.22 bits per heavy atom. The minimum Gasteiger partial charge on any atom is -0.340 e. The fourth-order valence-electron chi connectivity index (χ4n) is 2.89. The van der Waals surface area contributed by atoms with Crippen LogP contribution in [-0.2, 0) is 13.1 Å². The summed E-state index contributed by atoms with van der Waals surface area (Å²) >= 11 is 0. The lowest BCUT2D eigenvalue weighted by atomic mass is 10.1. The number of aromatic nitrogens is 3. The molecule has 2 aromatic heterocycles. The minimum atomic E-state index is 0.749. The van der Waals surface area contributed by atoms with Crippen LogP contribution in [0.25, 0.3) is 0 Å². The van der Waals surface area contributed by atoms with Gasteiger partial charge in [0.1, 0.15) is 5.82 Å². The zero-order valence-electron chi connectivity index (χ0n) is 12.9. The molecule has 1 aliphatic rings. The highest BCUT2D eigenvalue weighted by Gasteiger charge is 2.17. The van der Waals surface area contributed by atoms with Gasteiger partial charge in [0, 0.05) is 42.1 Å². The summed E-state index contributed by atoms with van der Waals surface area (Å²) in [4.78, 5) is 13.1. The smallest absolute Gasteiger partial charge is 0.139 e. The summed E-state index contributed by atoms with van der Waals surface area (Å²) in [7, 11) is 0. The molecule has 114 valence electrons. The quantitative estimate of drug-likeness (QED) is 0.803. The topological polar surface area (TPSA) is 55.1 Å². The van der Waals surface area contributed by atoms with Gasteiger partial charge in [-0.2, -0.15) is 0 Å². The SMILES string of the molecule is CC1=NCc2ccnc(Nc3cccc(Cn4ccnc4)c3)c21. The van der Waals surface area contributed by atoms with E-state index in [4.69, 9.17) is 0 Å². The van der Waals surface area contributed by atoms with Crippen molar-refractivity contribution in [3.05, 3.63) is 71.9 Å². The second-order valence-corrected chi connectivity index (χ2v) is 5.66. The number of rotatable bonds is 4. The molecule has 3 heterocycles. The third-order valence-corrected chi connectivity index (χ3v) is 4.00. The highest BCUT2D eigenvalue weighted by atomic mass is 15.0. The van der Waals surface area contributed by atoms with Crippen molar-refractivity contribution in [2.75, 3.05) is 5.32 Å². The summed E-state index contributed by atoms with van der Waals surface area (Å²) in [5.41, 5.74) is 5.65. The van der Waals surface area contributed by atoms with Gasteiger partial charge in [0.25, 0.3) is 0 Å². The first-order valence-electron chi connectivity index (χ1n) is 7.60. The van der Waals surface area contributed by atoms with Crippen LogP contribution in [0.15, 0.2) is 60.2 Å². The molecule has 0 amide bonds. The van der Waals surface area contributed by atoms with Crippen molar-refractivity contribution in [1.82, 2.24) is 14.5 Å². The molecule has 5 nitrogen and oxygen atoms in total. The van der Waals surface area contributed by atoms with Crippen molar-refractivity contribution in [2.24, 2.45) is 4.99 Å². The van der Waals surface area contributed by atoms with Crippen molar-refractivity contribution >= 4 is 17.2 Å². The Hall–Kier alpha value is -2.95. The number of anilines is 2. The molecule has 0 fully saturated rings. The Kier molecular flexibility index (Phi) is 3.38. The molecule has 1 aliphatic heterocycles. The van der Waals surface area contributed by atoms with Gasteiger partial charge in [-0.05, 0) is 36.2 Å². The second kappa shape index (κ2) is 5.68. The maximum absolute atomic E-state index is 4.50. The van der Waals surface area contributed by atoms with Crippen molar-refractivity contribution < 1.29 is 0 Å². The number of hydrogen-bond acceptors (Lipinski definition) is 4. The van der Waals surface area contributed by atoms with Crippen molar-refractivity contribution in [1.29, 1.82) is 0 Å². The average Bonchev–Trinajstić information content (AvgIpc) is 3.19. The van der Waals surface area contributed by atoms with E-state index >= 15 is 0 Å². The predicted molar refractivity (Wildman–Crippen MR) is 91.2 cm³/mol. The van der Waals surface area contributed by atoms with Crippen LogP contribution in [0.3, 0.4) is 0 Å². The minimum absolute atomic E-state index is 0.749. The molecule has 0 saturated carbocycles. The van der Waals surface area contributed by atoms with Gasteiger partial charge in [0.15, 0.2) is 0 Å². The fourth-order valence-corrected chi connectivity index (χ4v) is 2.89. The van der Waals surface area contributed by atoms with E-state index in [9.17, 15) is 0 Å². The Morgan fingerprint density at radius 3 is 3.04 bits per heavy atom. The lowest BCUT2D eigenvalue weighted by Crippen LogP contribution is -2.04. The summed E-state index contributed by atoms with van der Waals surface area (Å²) in [5.74, 6) is 0.876. The van der Waals surface area contributed by atoms with Gasteiger partial charge in [-0.1, -0.05) is 12.1 Å². The maximum Gasteiger partial charge on any atom is 0.139 e. The zero-order valence-corrected chi connectivity index (χ0v) is 12.9. The standard InChI is InChI=1S/C18H17N5/c1-13-17-15(10-21-13)5-6-20-18(17)22-16-4-2-3-14(9-16)11-23-8-7-19-12-23/h2-9,12H,10-11H2,1H3,(H,20,22). The molecule has 0 saturated heterocycles. The van der Waals surface area contributed by atoms with E-state index in [1.807, 2.05) is 36.3 Å². The number of pyridine rings is 1. The van der Waals surface area contributed by atoms with E-state index in [-0.39, 0.29) is 0 Å². The number of benzene rings is 1. The highest BCUT2D eigenvalue weighted by Crippen LogP contribution is 2.27. The number of nitrogens with zero attached hydrogens (tertiary/aromatic N) is 4. The van der Waals surface area contributed by atoms with Gasteiger partial charge in [0.05, 0.1) is 12.9 Å². The zero-order chi connectivity index (χ0) is 15.6. The van der Waals surface area contributed by atoms with Crippen LogP contribution in [-0.4, -0.2) is 20.2 Å². The van der Waals surface area contributed by atoms with Crippen molar-refractivity contribution in [3.63, 3.8) is 0 Å². The summed E-state index contributed by atoms with van der Waals surface area (Å²) < 4.78 is 2.05. The van der Waals surface area contributed by atoms with Gasteiger partial charge in [0.2, 0.25) is 0 Å². The first-order chi connectivity index (χ1) is 11.3. The lowest BCUT2D eigenvalue weighted by molar-refractivity contribution is 0.797. The molecular weight excluding hydrogens is 286 g/mol. The van der Waals surface area contributed by atoms with Crippen LogP contribution in [0.4, 0.5) is 11.5 Å². The van der Waals surface area contributed by atoms with Crippen LogP contribution < -0.4 is 5.32 Å². The number of imidazole rings is 1. The molecular formula is C18H17N5. The highest BCUT2D eigenvalue weighted by molar-refractivity contribution is 6.06. The van der Waals surface area contributed by atoms with Gasteiger partial charge < -0.3 is 9.88 Å². The molecule has 1 N–H and O–H groups in total. The second-order valence-electron chi connectivity index (χ2n) is 5.66. The molecule has 0 bridgehead atoms. The summed E-state index contributed by atoms with van der Waals surface area (Å²) in [6.07, 6.45) is 7.42. The van der Waals surface area contributed by atoms with E-state index in [0.717, 1.165) is 35.9 Å². The van der Waals surface area contributed by atoms with Crippen molar-refractivity contribution in [3.8, 4) is 0 Å². The van der Waals surface area contributed by atoms with E-state index in [1.165, 1.54) is 11.1 Å². The van der Waals surface area contributed by atoms with Crippen LogP contribution >= 0.6 is 0 Å². The molecule has 0 radical (unpaired) electrons. The molecule has 23 heavy (non-hydrogen) atoms. The average molecular weight is 303 g/mol. The summed E-state index contributed by atoms with van der Waals surface area (Å²) in [6, 6.07) is 10.4. The van der Waals surface area contributed by atoms with E-state index in [1.54, 1.807) is 6.20 Å². The van der Waals surface area contributed by atoms with E-state index in [2.05, 4.69) is 44.5 Å². The maximum atomic E-state index is 4.50. The molecule has 1 aromatic carbocycles. The molecule has 0 spiro atoms. The van der Waals surface area contributed by atoms with Gasteiger partial charge in [-0.3, -0.25) is 4.99 Å². The molecule has 5 heteroatoms. The molecule has 4 rings (SSSR count). The molecule has 3 aromatic rings. The summed E-state index contributed by atoms with van der Waals surface area (Å²) in [5, 5.41) is 3.44. The number of fused-ring (bicyclic) bond motifs is 1. The monoisotopic (exact) mass is 303 g/mol. The first kappa shape index (κ1) is 13.7. The Morgan fingerprint density at radius 2 is 2.17 bits per heavy atom. The van der Waals surface area contributed by atoms with Gasteiger partial charge in [-0.15, -0.1) is 0 Å². The lowest BCUT2D eigenvalue weighted by Gasteiger charge is -2.12. The van der Waals surface area contributed by atoms with Gasteiger partial charge in [-0.25, -0.2) is 9.97 Å².